The van der Waals surface area contributed by atoms with Crippen molar-refractivity contribution in [2.45, 2.75) is 71.3 Å². The average molecular weight is 280 g/mol. The molecule has 3 nitrogen and oxygen atoms in total. The van der Waals surface area contributed by atoms with Gasteiger partial charge in [0, 0.05) is 12.5 Å². The molecule has 2 saturated carbocycles. The van der Waals surface area contributed by atoms with Crippen molar-refractivity contribution in [3.05, 3.63) is 0 Å². The van der Waals surface area contributed by atoms with Crippen molar-refractivity contribution in [3.63, 3.8) is 0 Å². The van der Waals surface area contributed by atoms with E-state index < -0.39 is 0 Å². The number of carbonyl (C=O) groups is 1. The van der Waals surface area contributed by atoms with Gasteiger partial charge in [0.05, 0.1) is 0 Å². The molecule has 0 bridgehead atoms. The van der Waals surface area contributed by atoms with Crippen molar-refractivity contribution < 1.29 is 4.79 Å². The lowest BCUT2D eigenvalue weighted by atomic mass is 9.79. The summed E-state index contributed by atoms with van der Waals surface area (Å²) >= 11 is 0. The lowest BCUT2D eigenvalue weighted by Crippen LogP contribution is -2.40. The minimum atomic E-state index is 0.285. The monoisotopic (exact) mass is 280 g/mol. The first-order valence-corrected chi connectivity index (χ1v) is 8.56. The Morgan fingerprint density at radius 1 is 1.00 bits per heavy atom. The number of nitrogens with two attached hydrogens (primary N) is 1. The van der Waals surface area contributed by atoms with Crippen LogP contribution >= 0.6 is 0 Å². The molecule has 0 aromatic carbocycles. The molecule has 2 unspecified atom stereocenters. The highest BCUT2D eigenvalue weighted by atomic mass is 16.1. The summed E-state index contributed by atoms with van der Waals surface area (Å²) in [5.41, 5.74) is 5.72. The molecule has 20 heavy (non-hydrogen) atoms. The summed E-state index contributed by atoms with van der Waals surface area (Å²) in [6.07, 6.45) is 9.18. The van der Waals surface area contributed by atoms with Gasteiger partial charge in [0.1, 0.15) is 0 Å². The maximum Gasteiger partial charge on any atom is 0.220 e. The molecule has 116 valence electrons. The van der Waals surface area contributed by atoms with E-state index in [4.69, 9.17) is 5.73 Å². The number of amides is 1. The fraction of sp³-hybridized carbons (Fsp3) is 0.941. The van der Waals surface area contributed by atoms with E-state index in [1.807, 2.05) is 0 Å². The maximum atomic E-state index is 12.2. The van der Waals surface area contributed by atoms with Crippen LogP contribution in [-0.4, -0.2) is 18.5 Å². The van der Waals surface area contributed by atoms with Crippen LogP contribution in [0.1, 0.15) is 65.2 Å². The second kappa shape index (κ2) is 7.44. The number of rotatable bonds is 4. The van der Waals surface area contributed by atoms with Gasteiger partial charge in [0.25, 0.3) is 0 Å². The number of nitrogens with one attached hydrogen (secondary N) is 1. The second-order valence-electron chi connectivity index (χ2n) is 7.51. The minimum absolute atomic E-state index is 0.285. The Hall–Kier alpha value is -0.570. The van der Waals surface area contributed by atoms with Gasteiger partial charge in [-0.15, -0.1) is 0 Å². The molecule has 0 spiro atoms. The molecule has 2 aliphatic carbocycles. The van der Waals surface area contributed by atoms with Crippen LogP contribution in [0.15, 0.2) is 0 Å². The van der Waals surface area contributed by atoms with Crippen molar-refractivity contribution in [2.24, 2.45) is 29.4 Å². The van der Waals surface area contributed by atoms with Gasteiger partial charge >= 0.3 is 0 Å². The quantitative estimate of drug-likeness (QED) is 0.831. The van der Waals surface area contributed by atoms with Crippen LogP contribution in [-0.2, 0) is 4.79 Å². The van der Waals surface area contributed by atoms with E-state index in [0.717, 1.165) is 37.6 Å². The molecule has 2 atom stereocenters. The fourth-order valence-electron chi connectivity index (χ4n) is 4.28. The summed E-state index contributed by atoms with van der Waals surface area (Å²) < 4.78 is 0. The number of hydrogen-bond acceptors (Lipinski definition) is 2. The number of hydrogen-bond donors (Lipinski definition) is 2. The SMILES string of the molecule is CC1CC(C)CC(NC(=O)CC2CCC(CN)CC2)C1. The van der Waals surface area contributed by atoms with Gasteiger partial charge in [-0.05, 0) is 75.2 Å². The fourth-order valence-corrected chi connectivity index (χ4v) is 4.28. The third-order valence-electron chi connectivity index (χ3n) is 5.32. The molecule has 2 rings (SSSR count). The Bertz CT molecular complexity index is 300. The van der Waals surface area contributed by atoms with Crippen molar-refractivity contribution in [3.8, 4) is 0 Å². The third-order valence-corrected chi connectivity index (χ3v) is 5.32. The van der Waals surface area contributed by atoms with Crippen LogP contribution in [0.2, 0.25) is 0 Å². The first-order valence-electron chi connectivity index (χ1n) is 8.56. The van der Waals surface area contributed by atoms with Crippen LogP contribution in [0.4, 0.5) is 0 Å². The molecule has 0 saturated heterocycles. The van der Waals surface area contributed by atoms with E-state index in [-0.39, 0.29) is 5.91 Å². The minimum Gasteiger partial charge on any atom is -0.353 e. The van der Waals surface area contributed by atoms with Gasteiger partial charge < -0.3 is 11.1 Å². The predicted molar refractivity (Wildman–Crippen MR) is 83.2 cm³/mol. The van der Waals surface area contributed by atoms with E-state index in [1.165, 1.54) is 32.1 Å². The molecular weight excluding hydrogens is 248 g/mol. The zero-order valence-electron chi connectivity index (χ0n) is 13.2. The standard InChI is InChI=1S/C17H32N2O/c1-12-7-13(2)9-16(8-12)19-17(20)10-14-3-5-15(11-18)6-4-14/h12-16H,3-11,18H2,1-2H3,(H,19,20). The normalized spacial score (nSPS) is 38.5. The summed E-state index contributed by atoms with van der Waals surface area (Å²) in [6.45, 7) is 5.43. The summed E-state index contributed by atoms with van der Waals surface area (Å²) in [4.78, 5) is 12.2. The van der Waals surface area contributed by atoms with E-state index in [9.17, 15) is 4.79 Å². The Labute approximate surface area is 124 Å². The maximum absolute atomic E-state index is 12.2. The lowest BCUT2D eigenvalue weighted by molar-refractivity contribution is -0.123. The van der Waals surface area contributed by atoms with Crippen LogP contribution in [0.25, 0.3) is 0 Å². The van der Waals surface area contributed by atoms with E-state index in [1.54, 1.807) is 0 Å². The highest BCUT2D eigenvalue weighted by Crippen LogP contribution is 2.31. The molecule has 3 N–H and O–H groups in total. The third kappa shape index (κ3) is 4.76. The van der Waals surface area contributed by atoms with Gasteiger partial charge in [0.2, 0.25) is 5.91 Å². The molecule has 0 heterocycles. The Balaban J connectivity index is 1.70. The average Bonchev–Trinajstić information content (AvgIpc) is 2.38. The van der Waals surface area contributed by atoms with Crippen molar-refractivity contribution in [2.75, 3.05) is 6.54 Å². The van der Waals surface area contributed by atoms with Gasteiger partial charge in [-0.2, -0.15) is 0 Å². The highest BCUT2D eigenvalue weighted by molar-refractivity contribution is 5.76. The van der Waals surface area contributed by atoms with Gasteiger partial charge in [-0.3, -0.25) is 4.79 Å². The smallest absolute Gasteiger partial charge is 0.220 e. The summed E-state index contributed by atoms with van der Waals surface area (Å²) in [7, 11) is 0. The topological polar surface area (TPSA) is 55.1 Å². The van der Waals surface area contributed by atoms with Crippen LogP contribution in [0.3, 0.4) is 0 Å². The van der Waals surface area contributed by atoms with Crippen LogP contribution < -0.4 is 11.1 Å². The van der Waals surface area contributed by atoms with Crippen LogP contribution in [0, 0.1) is 23.7 Å². The molecule has 2 aliphatic rings. The first-order chi connectivity index (χ1) is 9.56. The molecule has 0 aromatic heterocycles. The molecule has 0 radical (unpaired) electrons. The summed E-state index contributed by atoms with van der Waals surface area (Å²) in [6, 6.07) is 0.418. The van der Waals surface area contributed by atoms with Gasteiger partial charge in [-0.1, -0.05) is 13.8 Å². The first kappa shape index (κ1) is 15.8. The molecular formula is C17H32N2O. The Morgan fingerprint density at radius 2 is 1.55 bits per heavy atom. The zero-order chi connectivity index (χ0) is 14.5. The lowest BCUT2D eigenvalue weighted by Gasteiger charge is -2.33. The zero-order valence-corrected chi connectivity index (χ0v) is 13.2. The molecule has 0 aromatic rings. The van der Waals surface area contributed by atoms with E-state index in [0.29, 0.717) is 17.9 Å². The van der Waals surface area contributed by atoms with E-state index in [2.05, 4.69) is 19.2 Å². The number of carbonyl (C=O) groups excluding carboxylic acids is 1. The van der Waals surface area contributed by atoms with Gasteiger partial charge in [-0.25, -0.2) is 0 Å². The molecule has 0 aliphatic heterocycles. The Morgan fingerprint density at radius 3 is 2.10 bits per heavy atom. The van der Waals surface area contributed by atoms with E-state index >= 15 is 0 Å². The second-order valence-corrected chi connectivity index (χ2v) is 7.51. The van der Waals surface area contributed by atoms with Crippen molar-refractivity contribution in [1.29, 1.82) is 0 Å². The van der Waals surface area contributed by atoms with Gasteiger partial charge in [0.15, 0.2) is 0 Å². The molecule has 2 fully saturated rings. The summed E-state index contributed by atoms with van der Waals surface area (Å²) in [5, 5.41) is 3.29. The van der Waals surface area contributed by atoms with Crippen LogP contribution in [0.5, 0.6) is 0 Å². The largest absolute Gasteiger partial charge is 0.353 e. The highest BCUT2D eigenvalue weighted by Gasteiger charge is 2.27. The Kier molecular flexibility index (Phi) is 5.88. The summed E-state index contributed by atoms with van der Waals surface area (Å²) in [5.74, 6) is 3.09. The van der Waals surface area contributed by atoms with Crippen molar-refractivity contribution in [1.82, 2.24) is 5.32 Å². The van der Waals surface area contributed by atoms with Crippen molar-refractivity contribution >= 4 is 5.91 Å². The molecule has 3 heteroatoms. The molecule has 1 amide bonds. The predicted octanol–water partition coefficient (Wildman–Crippen LogP) is 3.08.